The first-order valence-corrected chi connectivity index (χ1v) is 14.0. The Morgan fingerprint density at radius 3 is 2.35 bits per heavy atom. The standard InChI is InChI=1S/C32H38N4O7/c1-20-16-36(21(2)19-37)30(38)27-15-25(34-32(41)33-24-9-12-26(42-4)13-10-24)11-14-28(27)43-29(20)18-35(3)17-22-5-7-23(8-6-22)31(39)40/h5-15,20-21,29,37H,16-19H2,1-4H3,(H,39,40)(H2,33,34,41)/t20-,21-,29-/m0/s1. The highest BCUT2D eigenvalue weighted by Gasteiger charge is 2.33. The summed E-state index contributed by atoms with van der Waals surface area (Å²) in [5, 5.41) is 24.6. The number of hydrogen-bond acceptors (Lipinski definition) is 7. The van der Waals surface area contributed by atoms with Crippen LogP contribution in [0, 0.1) is 5.92 Å². The van der Waals surface area contributed by atoms with Crippen LogP contribution in [0.4, 0.5) is 16.2 Å². The second-order valence-electron chi connectivity index (χ2n) is 10.8. The van der Waals surface area contributed by atoms with E-state index in [4.69, 9.17) is 14.6 Å². The molecule has 3 atom stereocenters. The number of ether oxygens (including phenoxy) is 2. The minimum atomic E-state index is -0.970. The predicted molar refractivity (Wildman–Crippen MR) is 163 cm³/mol. The number of nitrogens with one attached hydrogen (secondary N) is 2. The molecule has 1 aliphatic rings. The van der Waals surface area contributed by atoms with Gasteiger partial charge in [-0.3, -0.25) is 9.69 Å². The minimum Gasteiger partial charge on any atom is -0.497 e. The van der Waals surface area contributed by atoms with Crippen LogP contribution in [0.25, 0.3) is 0 Å². The summed E-state index contributed by atoms with van der Waals surface area (Å²) < 4.78 is 11.6. The van der Waals surface area contributed by atoms with Crippen LogP contribution in [-0.2, 0) is 6.54 Å². The number of rotatable bonds is 10. The van der Waals surface area contributed by atoms with Gasteiger partial charge in [0.1, 0.15) is 17.6 Å². The zero-order valence-corrected chi connectivity index (χ0v) is 24.7. The monoisotopic (exact) mass is 590 g/mol. The highest BCUT2D eigenvalue weighted by molar-refractivity contribution is 6.02. The molecule has 43 heavy (non-hydrogen) atoms. The molecule has 4 N–H and O–H groups in total. The molecule has 11 heteroatoms. The van der Waals surface area contributed by atoms with Gasteiger partial charge in [-0.05, 0) is 74.1 Å². The first-order chi connectivity index (χ1) is 20.6. The minimum absolute atomic E-state index is 0.0731. The first-order valence-electron chi connectivity index (χ1n) is 14.0. The molecular formula is C32H38N4O7. The Morgan fingerprint density at radius 1 is 1.07 bits per heavy atom. The molecule has 0 bridgehead atoms. The Labute approximate surface area is 251 Å². The van der Waals surface area contributed by atoms with Crippen molar-refractivity contribution in [3.05, 3.63) is 83.4 Å². The lowest BCUT2D eigenvalue weighted by Gasteiger charge is -2.38. The summed E-state index contributed by atoms with van der Waals surface area (Å²) in [7, 11) is 3.52. The van der Waals surface area contributed by atoms with E-state index in [1.54, 1.807) is 85.7 Å². The Morgan fingerprint density at radius 2 is 1.72 bits per heavy atom. The van der Waals surface area contributed by atoms with Crippen molar-refractivity contribution in [2.24, 2.45) is 5.92 Å². The summed E-state index contributed by atoms with van der Waals surface area (Å²) in [5.41, 5.74) is 2.46. The van der Waals surface area contributed by atoms with Gasteiger partial charge in [-0.25, -0.2) is 9.59 Å². The molecule has 3 aromatic rings. The zero-order valence-electron chi connectivity index (χ0n) is 24.7. The number of carbonyl (C=O) groups is 3. The van der Waals surface area contributed by atoms with Gasteiger partial charge in [-0.2, -0.15) is 0 Å². The van der Waals surface area contributed by atoms with Crippen molar-refractivity contribution in [3.8, 4) is 11.5 Å². The second-order valence-corrected chi connectivity index (χ2v) is 10.8. The molecule has 1 heterocycles. The summed E-state index contributed by atoms with van der Waals surface area (Å²) >= 11 is 0. The van der Waals surface area contributed by atoms with Crippen molar-refractivity contribution in [2.75, 3.05) is 44.5 Å². The maximum atomic E-state index is 13.7. The van der Waals surface area contributed by atoms with E-state index in [-0.39, 0.29) is 35.7 Å². The fraction of sp³-hybridized carbons (Fsp3) is 0.344. The SMILES string of the molecule is COc1ccc(NC(=O)Nc2ccc3c(c2)C(=O)N([C@@H](C)CO)C[C@H](C)[C@H](CN(C)Cc2ccc(C(=O)O)cc2)O3)cc1. The molecule has 0 fully saturated rings. The number of aromatic carboxylic acids is 1. The zero-order chi connectivity index (χ0) is 31.1. The summed E-state index contributed by atoms with van der Waals surface area (Å²) in [4.78, 5) is 41.3. The number of anilines is 2. The van der Waals surface area contributed by atoms with Crippen molar-refractivity contribution in [1.82, 2.24) is 9.80 Å². The van der Waals surface area contributed by atoms with Gasteiger partial charge in [-0.1, -0.05) is 19.1 Å². The number of nitrogens with zero attached hydrogens (tertiary/aromatic N) is 2. The average molecular weight is 591 g/mol. The van der Waals surface area contributed by atoms with E-state index < -0.39 is 18.0 Å². The summed E-state index contributed by atoms with van der Waals surface area (Å²) in [5.74, 6) is -0.287. The fourth-order valence-electron chi connectivity index (χ4n) is 4.92. The van der Waals surface area contributed by atoms with Gasteiger partial charge >= 0.3 is 12.0 Å². The fourth-order valence-corrected chi connectivity index (χ4v) is 4.92. The van der Waals surface area contributed by atoms with Crippen LogP contribution in [-0.4, -0.2) is 83.9 Å². The van der Waals surface area contributed by atoms with Gasteiger partial charge in [0.15, 0.2) is 0 Å². The highest BCUT2D eigenvalue weighted by atomic mass is 16.5. The van der Waals surface area contributed by atoms with Gasteiger partial charge in [0.05, 0.1) is 30.9 Å². The third-order valence-corrected chi connectivity index (χ3v) is 7.42. The van der Waals surface area contributed by atoms with Crippen LogP contribution in [0.1, 0.15) is 40.1 Å². The van der Waals surface area contributed by atoms with Gasteiger partial charge in [0.2, 0.25) is 0 Å². The normalized spacial score (nSPS) is 17.3. The number of hydrogen-bond donors (Lipinski definition) is 4. The second kappa shape index (κ2) is 14.0. The molecule has 0 unspecified atom stereocenters. The highest BCUT2D eigenvalue weighted by Crippen LogP contribution is 2.31. The summed E-state index contributed by atoms with van der Waals surface area (Å²) in [6.07, 6.45) is -0.305. The summed E-state index contributed by atoms with van der Waals surface area (Å²) in [6.45, 7) is 5.06. The molecule has 0 radical (unpaired) electrons. The molecule has 0 aliphatic carbocycles. The van der Waals surface area contributed by atoms with Crippen LogP contribution in [0.3, 0.4) is 0 Å². The van der Waals surface area contributed by atoms with Gasteiger partial charge in [0, 0.05) is 36.9 Å². The molecule has 1 aliphatic heterocycles. The van der Waals surface area contributed by atoms with Crippen molar-refractivity contribution in [1.29, 1.82) is 0 Å². The van der Waals surface area contributed by atoms with Crippen molar-refractivity contribution < 1.29 is 34.1 Å². The quantitative estimate of drug-likeness (QED) is 0.273. The van der Waals surface area contributed by atoms with Crippen LogP contribution < -0.4 is 20.1 Å². The molecular weight excluding hydrogens is 552 g/mol. The molecule has 0 saturated heterocycles. The Balaban J connectivity index is 1.53. The van der Waals surface area contributed by atoms with Gasteiger partial charge in [0.25, 0.3) is 5.91 Å². The number of urea groups is 1. The number of aliphatic hydroxyl groups is 1. The third-order valence-electron chi connectivity index (χ3n) is 7.42. The maximum Gasteiger partial charge on any atom is 0.335 e. The smallest absolute Gasteiger partial charge is 0.335 e. The molecule has 11 nitrogen and oxygen atoms in total. The molecule has 228 valence electrons. The predicted octanol–water partition coefficient (Wildman–Crippen LogP) is 4.39. The van der Waals surface area contributed by atoms with Crippen LogP contribution in [0.2, 0.25) is 0 Å². The van der Waals surface area contributed by atoms with E-state index >= 15 is 0 Å². The Hall–Kier alpha value is -4.61. The van der Waals surface area contributed by atoms with E-state index in [0.29, 0.717) is 42.5 Å². The topological polar surface area (TPSA) is 141 Å². The average Bonchev–Trinajstić information content (AvgIpc) is 2.99. The van der Waals surface area contributed by atoms with Gasteiger partial charge < -0.3 is 35.2 Å². The number of amides is 3. The van der Waals surface area contributed by atoms with E-state index in [2.05, 4.69) is 15.5 Å². The first kappa shape index (κ1) is 31.3. The number of aliphatic hydroxyl groups excluding tert-OH is 1. The van der Waals surface area contributed by atoms with Crippen LogP contribution in [0.5, 0.6) is 11.5 Å². The number of benzene rings is 3. The molecule has 3 aromatic carbocycles. The van der Waals surface area contributed by atoms with E-state index in [9.17, 15) is 19.5 Å². The molecule has 0 aromatic heterocycles. The van der Waals surface area contributed by atoms with E-state index in [1.807, 2.05) is 14.0 Å². The molecule has 0 spiro atoms. The number of methoxy groups -OCH3 is 1. The summed E-state index contributed by atoms with van der Waals surface area (Å²) in [6, 6.07) is 17.7. The lowest BCUT2D eigenvalue weighted by molar-refractivity contribution is 0.0341. The van der Waals surface area contributed by atoms with Crippen LogP contribution in [0.15, 0.2) is 66.7 Å². The lowest BCUT2D eigenvalue weighted by atomic mass is 9.99. The molecule has 0 saturated carbocycles. The largest absolute Gasteiger partial charge is 0.497 e. The van der Waals surface area contributed by atoms with E-state index in [1.165, 1.54) is 0 Å². The van der Waals surface area contributed by atoms with Crippen molar-refractivity contribution in [2.45, 2.75) is 32.5 Å². The number of carbonyl (C=O) groups excluding carboxylic acids is 2. The van der Waals surface area contributed by atoms with Crippen molar-refractivity contribution in [3.63, 3.8) is 0 Å². The van der Waals surface area contributed by atoms with Crippen molar-refractivity contribution >= 4 is 29.3 Å². The lowest BCUT2D eigenvalue weighted by Crippen LogP contribution is -2.49. The van der Waals surface area contributed by atoms with Crippen LogP contribution >= 0.6 is 0 Å². The number of likely N-dealkylation sites (N-methyl/N-ethyl adjacent to an activating group) is 1. The number of carboxylic acid groups (broad SMARTS) is 1. The Bertz CT molecular complexity index is 1430. The Kier molecular flexibility index (Phi) is 10.2. The van der Waals surface area contributed by atoms with E-state index in [0.717, 1.165) is 5.56 Å². The molecule has 4 rings (SSSR count). The maximum absolute atomic E-state index is 13.7. The third kappa shape index (κ3) is 8.02. The molecule has 3 amide bonds. The number of carboxylic acids is 1. The number of fused-ring (bicyclic) bond motifs is 1. The van der Waals surface area contributed by atoms with Gasteiger partial charge in [-0.15, -0.1) is 0 Å².